The molecule has 0 radical (unpaired) electrons. The SMILES string of the molecule is CN(C)C.FBF. The number of rotatable bonds is 0. The highest BCUT2D eigenvalue weighted by Crippen LogP contribution is 1.49. The molecular weight excluding hydrogens is 98.8 g/mol. The van der Waals surface area contributed by atoms with E-state index >= 15 is 0 Å². The third kappa shape index (κ3) is 6710. The highest BCUT2D eigenvalue weighted by molar-refractivity contribution is 6.15. The Balaban J connectivity index is 0. The zero-order valence-corrected chi connectivity index (χ0v) is 4.91. The molecule has 44 valence electrons. The van der Waals surface area contributed by atoms with Crippen LogP contribution in [-0.4, -0.2) is 33.9 Å². The predicted molar refractivity (Wildman–Crippen MR) is 29.0 cm³/mol. The van der Waals surface area contributed by atoms with Crippen molar-refractivity contribution in [3.63, 3.8) is 0 Å². The van der Waals surface area contributed by atoms with Crippen LogP contribution in [0.25, 0.3) is 0 Å². The summed E-state index contributed by atoms with van der Waals surface area (Å²) in [4.78, 5) is 2.00. The summed E-state index contributed by atoms with van der Waals surface area (Å²) in [5.74, 6) is 0. The minimum atomic E-state index is -1.75. The third-order valence-corrected chi connectivity index (χ3v) is 0. The lowest BCUT2D eigenvalue weighted by Crippen LogP contribution is -1.99. The molecule has 0 bridgehead atoms. The van der Waals surface area contributed by atoms with E-state index in [1.807, 2.05) is 26.0 Å². The number of hydrogen-bond acceptors (Lipinski definition) is 1. The van der Waals surface area contributed by atoms with E-state index in [1.54, 1.807) is 0 Å². The fraction of sp³-hybridized carbons (Fsp3) is 1.00. The van der Waals surface area contributed by atoms with Crippen molar-refractivity contribution in [3.05, 3.63) is 0 Å². The molecule has 0 saturated carbocycles. The molecule has 0 unspecified atom stereocenters. The topological polar surface area (TPSA) is 3.24 Å². The maximum atomic E-state index is 9.62. The van der Waals surface area contributed by atoms with Gasteiger partial charge in [-0.05, 0) is 21.1 Å². The maximum absolute atomic E-state index is 9.62. The van der Waals surface area contributed by atoms with Gasteiger partial charge in [0.2, 0.25) is 0 Å². The van der Waals surface area contributed by atoms with Gasteiger partial charge in [-0.1, -0.05) is 0 Å². The van der Waals surface area contributed by atoms with Crippen molar-refractivity contribution in [1.82, 2.24) is 4.90 Å². The van der Waals surface area contributed by atoms with E-state index in [1.165, 1.54) is 0 Å². The predicted octanol–water partition coefficient (Wildman–Crippen LogP) is 0.370. The molecule has 0 aromatic carbocycles. The largest absolute Gasteiger partial charge is 0.521 e. The van der Waals surface area contributed by atoms with Crippen LogP contribution < -0.4 is 0 Å². The van der Waals surface area contributed by atoms with Crippen molar-refractivity contribution in [2.24, 2.45) is 0 Å². The number of hydrogen-bond donors (Lipinski definition) is 0. The summed E-state index contributed by atoms with van der Waals surface area (Å²) in [7, 11) is 4.25. The Morgan fingerprint density at radius 2 is 1.14 bits per heavy atom. The van der Waals surface area contributed by atoms with Crippen LogP contribution in [0.4, 0.5) is 8.63 Å². The molecule has 0 spiro atoms. The first kappa shape index (κ1) is 9.99. The van der Waals surface area contributed by atoms with Gasteiger partial charge in [0.15, 0.2) is 0 Å². The van der Waals surface area contributed by atoms with Crippen LogP contribution in [0.2, 0.25) is 0 Å². The molecule has 0 aliphatic rings. The van der Waals surface area contributed by atoms with Crippen LogP contribution in [0.3, 0.4) is 0 Å². The Morgan fingerprint density at radius 3 is 1.14 bits per heavy atom. The summed E-state index contributed by atoms with van der Waals surface area (Å²) in [5.41, 5.74) is 0. The summed E-state index contributed by atoms with van der Waals surface area (Å²) in [5, 5.41) is 0. The monoisotopic (exact) mass is 109 g/mol. The average molecular weight is 109 g/mol. The van der Waals surface area contributed by atoms with Gasteiger partial charge in [0, 0.05) is 0 Å². The van der Waals surface area contributed by atoms with Crippen LogP contribution >= 0.6 is 0 Å². The van der Waals surface area contributed by atoms with Crippen LogP contribution in [0.1, 0.15) is 0 Å². The van der Waals surface area contributed by atoms with Crippen LogP contribution in [0, 0.1) is 0 Å². The van der Waals surface area contributed by atoms with E-state index in [9.17, 15) is 8.63 Å². The van der Waals surface area contributed by atoms with Crippen molar-refractivity contribution in [1.29, 1.82) is 0 Å². The van der Waals surface area contributed by atoms with Gasteiger partial charge < -0.3 is 4.90 Å². The maximum Gasteiger partial charge on any atom is 0.521 e. The first-order chi connectivity index (χ1) is 3.15. The van der Waals surface area contributed by atoms with E-state index in [0.717, 1.165) is 0 Å². The first-order valence-electron chi connectivity index (χ1n) is 1.88. The summed E-state index contributed by atoms with van der Waals surface area (Å²) in [6, 6.07) is 0. The minimum Gasteiger partial charge on any atom is -0.312 e. The minimum absolute atomic E-state index is 1.75. The highest BCUT2D eigenvalue weighted by atomic mass is 19.2. The molecule has 7 heavy (non-hydrogen) atoms. The van der Waals surface area contributed by atoms with E-state index < -0.39 is 7.83 Å². The van der Waals surface area contributed by atoms with Gasteiger partial charge in [-0.15, -0.1) is 0 Å². The van der Waals surface area contributed by atoms with E-state index in [4.69, 9.17) is 0 Å². The Kier molecular flexibility index (Phi) is 13.3. The molecule has 0 aromatic heterocycles. The Hall–Kier alpha value is -0.115. The van der Waals surface area contributed by atoms with Gasteiger partial charge in [-0.2, -0.15) is 0 Å². The fourth-order valence-corrected chi connectivity index (χ4v) is 0. The molecule has 0 N–H and O–H groups in total. The molecular formula is C3H10BF2N. The van der Waals surface area contributed by atoms with E-state index in [0.29, 0.717) is 0 Å². The zero-order chi connectivity index (χ0) is 6.28. The Bertz CT molecular complexity index is 24.1. The standard InChI is InChI=1S/C3H9N.BF2H/c1-4(2)3;2-1-3/h1-3H3;1H. The molecule has 0 amide bonds. The number of nitrogens with zero attached hydrogens (tertiary/aromatic N) is 1. The zero-order valence-electron chi connectivity index (χ0n) is 4.91. The summed E-state index contributed by atoms with van der Waals surface area (Å²) >= 11 is 0. The molecule has 0 aliphatic heterocycles. The van der Waals surface area contributed by atoms with Crippen molar-refractivity contribution in [2.75, 3.05) is 21.1 Å². The van der Waals surface area contributed by atoms with Gasteiger partial charge in [0.25, 0.3) is 0 Å². The lowest BCUT2D eigenvalue weighted by atomic mass is 10.6. The van der Waals surface area contributed by atoms with Crippen molar-refractivity contribution in [3.8, 4) is 0 Å². The Labute approximate surface area is 43.7 Å². The van der Waals surface area contributed by atoms with Gasteiger partial charge in [0.1, 0.15) is 0 Å². The first-order valence-corrected chi connectivity index (χ1v) is 1.88. The average Bonchev–Trinajstić information content (AvgIpc) is 1.33. The lowest BCUT2D eigenvalue weighted by Gasteiger charge is -1.90. The van der Waals surface area contributed by atoms with Crippen LogP contribution in [-0.2, 0) is 0 Å². The van der Waals surface area contributed by atoms with Crippen molar-refractivity contribution < 1.29 is 8.63 Å². The second-order valence-corrected chi connectivity index (χ2v) is 1.44. The van der Waals surface area contributed by atoms with E-state index in [2.05, 4.69) is 0 Å². The Morgan fingerprint density at radius 1 is 1.14 bits per heavy atom. The second kappa shape index (κ2) is 9.30. The molecule has 0 aromatic rings. The van der Waals surface area contributed by atoms with Gasteiger partial charge in [0.05, 0.1) is 0 Å². The molecule has 0 saturated heterocycles. The second-order valence-electron chi connectivity index (χ2n) is 1.44. The molecule has 1 nitrogen and oxygen atoms in total. The van der Waals surface area contributed by atoms with Crippen LogP contribution in [0.15, 0.2) is 0 Å². The van der Waals surface area contributed by atoms with E-state index in [-0.39, 0.29) is 0 Å². The quantitative estimate of drug-likeness (QED) is 0.406. The smallest absolute Gasteiger partial charge is 0.312 e. The summed E-state index contributed by atoms with van der Waals surface area (Å²) < 4.78 is 19.2. The summed E-state index contributed by atoms with van der Waals surface area (Å²) in [6.07, 6.45) is 0. The van der Waals surface area contributed by atoms with Gasteiger partial charge in [-0.3, -0.25) is 8.63 Å². The molecule has 0 fully saturated rings. The highest BCUT2D eigenvalue weighted by Gasteiger charge is 1.59. The normalized spacial score (nSPS) is 7.14. The van der Waals surface area contributed by atoms with Crippen molar-refractivity contribution in [2.45, 2.75) is 0 Å². The fourth-order valence-electron chi connectivity index (χ4n) is 0. The summed E-state index contributed by atoms with van der Waals surface area (Å²) in [6.45, 7) is 0. The van der Waals surface area contributed by atoms with Crippen LogP contribution in [0.5, 0.6) is 0 Å². The third-order valence-electron chi connectivity index (χ3n) is 0. The number of halogens is 2. The van der Waals surface area contributed by atoms with Gasteiger partial charge in [-0.25, -0.2) is 0 Å². The van der Waals surface area contributed by atoms with Crippen molar-refractivity contribution >= 4 is 7.83 Å². The molecule has 0 heterocycles. The molecule has 0 rings (SSSR count). The lowest BCUT2D eigenvalue weighted by molar-refractivity contribution is 0.505. The molecule has 4 heteroatoms. The van der Waals surface area contributed by atoms with Gasteiger partial charge >= 0.3 is 7.83 Å². The molecule has 0 aliphatic carbocycles. The molecule has 0 atom stereocenters.